The van der Waals surface area contributed by atoms with Crippen LogP contribution in [0.1, 0.15) is 24.9 Å². The molecule has 0 radical (unpaired) electrons. The van der Waals surface area contributed by atoms with E-state index in [0.29, 0.717) is 77.4 Å². The highest BCUT2D eigenvalue weighted by Gasteiger charge is 2.23. The van der Waals surface area contributed by atoms with E-state index in [1.54, 1.807) is 18.3 Å². The monoisotopic (exact) mass is 737 g/mol. The molecule has 8 aromatic carbocycles. The van der Waals surface area contributed by atoms with Gasteiger partial charge in [-0.3, -0.25) is 5.41 Å². The lowest BCUT2D eigenvalue weighted by Crippen LogP contribution is -2.04. The van der Waals surface area contributed by atoms with Crippen LogP contribution in [0.3, 0.4) is 0 Å². The first-order chi connectivity index (χ1) is 30.7. The van der Waals surface area contributed by atoms with Crippen LogP contribution in [0.4, 0.5) is 0 Å². The molecule has 268 valence electrons. The topological polar surface area (TPSA) is 71.6 Å². The van der Waals surface area contributed by atoms with E-state index in [4.69, 9.17) is 22.6 Å². The Balaban J connectivity index is 1.23. The molecule has 6 heteroatoms. The molecule has 11 rings (SSSR count). The van der Waals surface area contributed by atoms with Gasteiger partial charge in [-0.25, -0.2) is 9.98 Å². The standard InChI is InChI=1S/C51H33N5O/c52-50(34-17-6-2-7-18-34)54-51(53-32-33-15-4-1-5-16-33)35-27-28-41-46(31-35)57-45-26-14-25-44(47(41)45)56-43-24-13-11-22-38(43)40-30-29-39-37-21-10-12-23-42(37)55(48(39)49(40)56)36-19-8-3-9-20-36/h1-32,52H/i10D,11D,23D,24D,29D,30D. The van der Waals surface area contributed by atoms with E-state index in [2.05, 4.69) is 0 Å². The second-order valence-electron chi connectivity index (χ2n) is 13.7. The van der Waals surface area contributed by atoms with Crippen molar-refractivity contribution in [2.75, 3.05) is 0 Å². The fourth-order valence-corrected chi connectivity index (χ4v) is 7.86. The summed E-state index contributed by atoms with van der Waals surface area (Å²) < 4.78 is 65.5. The van der Waals surface area contributed by atoms with Gasteiger partial charge in [0.25, 0.3) is 0 Å². The van der Waals surface area contributed by atoms with Crippen LogP contribution in [0, 0.1) is 5.41 Å². The van der Waals surface area contributed by atoms with Gasteiger partial charge in [-0.15, -0.1) is 0 Å². The molecule has 0 aliphatic carbocycles. The summed E-state index contributed by atoms with van der Waals surface area (Å²) in [6.45, 7) is 0. The Morgan fingerprint density at radius 2 is 1.21 bits per heavy atom. The van der Waals surface area contributed by atoms with E-state index in [-0.39, 0.29) is 42.1 Å². The molecule has 6 nitrogen and oxygen atoms in total. The van der Waals surface area contributed by atoms with Crippen LogP contribution in [-0.2, 0) is 0 Å². The molecule has 3 aromatic heterocycles. The Hall–Kier alpha value is -7.83. The minimum Gasteiger partial charge on any atom is -0.456 e. The van der Waals surface area contributed by atoms with Crippen molar-refractivity contribution in [3.8, 4) is 11.4 Å². The van der Waals surface area contributed by atoms with E-state index < -0.39 is 0 Å². The summed E-state index contributed by atoms with van der Waals surface area (Å²) in [5, 5.41) is 12.1. The van der Waals surface area contributed by atoms with Crippen LogP contribution in [0.25, 0.3) is 76.9 Å². The van der Waals surface area contributed by atoms with E-state index in [1.165, 1.54) is 12.1 Å². The predicted octanol–water partition coefficient (Wildman–Crippen LogP) is 12.7. The lowest BCUT2D eigenvalue weighted by molar-refractivity contribution is 0.668. The van der Waals surface area contributed by atoms with E-state index in [1.807, 2.05) is 137 Å². The van der Waals surface area contributed by atoms with Gasteiger partial charge in [0, 0.05) is 50.0 Å². The van der Waals surface area contributed by atoms with Gasteiger partial charge in [-0.2, -0.15) is 0 Å². The van der Waals surface area contributed by atoms with Crippen molar-refractivity contribution in [1.82, 2.24) is 9.13 Å². The molecular formula is C51H33N5O. The zero-order valence-electron chi connectivity index (χ0n) is 36.2. The number of nitrogens with zero attached hydrogens (tertiary/aromatic N) is 4. The number of hydrogen-bond donors (Lipinski definition) is 1. The third-order valence-corrected chi connectivity index (χ3v) is 10.4. The highest BCUT2D eigenvalue weighted by atomic mass is 16.3. The number of aromatic nitrogens is 2. The fourth-order valence-electron chi connectivity index (χ4n) is 7.86. The van der Waals surface area contributed by atoms with Gasteiger partial charge >= 0.3 is 0 Å². The fraction of sp³-hybridized carbons (Fsp3) is 0. The number of benzene rings is 8. The Morgan fingerprint density at radius 3 is 1.93 bits per heavy atom. The van der Waals surface area contributed by atoms with Crippen molar-refractivity contribution in [3.05, 3.63) is 205 Å². The Labute approximate surface area is 335 Å². The predicted molar refractivity (Wildman–Crippen MR) is 236 cm³/mol. The van der Waals surface area contributed by atoms with Crippen LogP contribution in [0.5, 0.6) is 0 Å². The zero-order chi connectivity index (χ0) is 43.1. The summed E-state index contributed by atoms with van der Waals surface area (Å²) in [7, 11) is 0. The van der Waals surface area contributed by atoms with Crippen molar-refractivity contribution in [2.45, 2.75) is 0 Å². The van der Waals surface area contributed by atoms with Crippen molar-refractivity contribution in [3.63, 3.8) is 0 Å². The first-order valence-electron chi connectivity index (χ1n) is 21.5. The largest absolute Gasteiger partial charge is 0.456 e. The third kappa shape index (κ3) is 5.30. The van der Waals surface area contributed by atoms with Gasteiger partial charge in [-0.05, 0) is 54.0 Å². The molecule has 0 aliphatic rings. The van der Waals surface area contributed by atoms with Gasteiger partial charge < -0.3 is 13.6 Å². The first kappa shape index (κ1) is 26.9. The molecule has 0 saturated carbocycles. The molecule has 0 fully saturated rings. The van der Waals surface area contributed by atoms with Gasteiger partial charge in [0.15, 0.2) is 11.7 Å². The number of furan rings is 1. The van der Waals surface area contributed by atoms with Gasteiger partial charge in [0.05, 0.1) is 41.4 Å². The molecule has 3 heterocycles. The minimum absolute atomic E-state index is 0.0523. The quantitative estimate of drug-likeness (QED) is 0.139. The summed E-state index contributed by atoms with van der Waals surface area (Å²) in [5.41, 5.74) is 6.58. The van der Waals surface area contributed by atoms with Crippen molar-refractivity contribution in [1.29, 1.82) is 5.41 Å². The van der Waals surface area contributed by atoms with Crippen molar-refractivity contribution in [2.24, 2.45) is 9.98 Å². The number of rotatable bonds is 5. The number of nitrogens with one attached hydrogen (secondary N) is 1. The van der Waals surface area contributed by atoms with Crippen LogP contribution in [0.15, 0.2) is 202 Å². The average Bonchev–Trinajstić information content (AvgIpc) is 3.96. The van der Waals surface area contributed by atoms with Gasteiger partial charge in [0.2, 0.25) is 0 Å². The molecule has 0 atom stereocenters. The number of aliphatic imine (C=N–C) groups is 2. The normalized spacial score (nSPS) is 13.8. The zero-order valence-corrected chi connectivity index (χ0v) is 30.2. The second-order valence-corrected chi connectivity index (χ2v) is 13.7. The van der Waals surface area contributed by atoms with E-state index >= 15 is 0 Å². The lowest BCUT2D eigenvalue weighted by Gasteiger charge is -2.13. The molecule has 1 N–H and O–H groups in total. The molecule has 11 aromatic rings. The number of para-hydroxylation sites is 3. The molecule has 0 saturated heterocycles. The number of hydrogen-bond acceptors (Lipinski definition) is 2. The SMILES string of the molecule is [2H]c1cc([2H])c2c(c1)c1c([2H])c([2H])c3c4cc([2H])cc([2H])c4n(-c4cccc5oc6cc(C(N=Cc7ccccc7)=NC(=N)c7ccccc7)ccc6c45)c3c1n2-c1ccccc1. The third-order valence-electron chi connectivity index (χ3n) is 10.4. The van der Waals surface area contributed by atoms with Gasteiger partial charge in [0.1, 0.15) is 11.2 Å². The summed E-state index contributed by atoms with van der Waals surface area (Å²) >= 11 is 0. The molecule has 0 spiro atoms. The van der Waals surface area contributed by atoms with Crippen LogP contribution in [-0.4, -0.2) is 27.0 Å². The lowest BCUT2D eigenvalue weighted by atomic mass is 10.1. The summed E-state index contributed by atoms with van der Waals surface area (Å²) in [6, 6.07) is 46.3. The molecule has 0 aliphatic heterocycles. The molecule has 0 bridgehead atoms. The summed E-state index contributed by atoms with van der Waals surface area (Å²) in [4.78, 5) is 9.49. The van der Waals surface area contributed by atoms with Gasteiger partial charge in [-0.1, -0.05) is 139 Å². The van der Waals surface area contributed by atoms with Crippen LogP contribution in [0.2, 0.25) is 0 Å². The smallest absolute Gasteiger partial charge is 0.161 e. The average molecular weight is 738 g/mol. The highest BCUT2D eigenvalue weighted by Crippen LogP contribution is 2.44. The maximum absolute atomic E-state index is 9.60. The molecule has 57 heavy (non-hydrogen) atoms. The maximum atomic E-state index is 9.60. The number of fused-ring (bicyclic) bond motifs is 10. The highest BCUT2D eigenvalue weighted by molar-refractivity contribution is 6.25. The van der Waals surface area contributed by atoms with Crippen molar-refractivity contribution < 1.29 is 12.6 Å². The first-order valence-corrected chi connectivity index (χ1v) is 18.5. The maximum Gasteiger partial charge on any atom is 0.161 e. The summed E-state index contributed by atoms with van der Waals surface area (Å²) in [6.07, 6.45) is 1.72. The molecule has 0 unspecified atom stereocenters. The Morgan fingerprint density at radius 1 is 0.561 bits per heavy atom. The molecular weight excluding hydrogens is 699 g/mol. The number of amidine groups is 2. The van der Waals surface area contributed by atoms with Crippen molar-refractivity contribution >= 4 is 83.4 Å². The van der Waals surface area contributed by atoms with Crippen LogP contribution < -0.4 is 0 Å². The second kappa shape index (κ2) is 13.2. The Bertz CT molecular complexity index is 3760. The summed E-state index contributed by atoms with van der Waals surface area (Å²) in [5.74, 6) is 0.370. The molecule has 0 amide bonds. The Kier molecular flexibility index (Phi) is 6.21. The van der Waals surface area contributed by atoms with E-state index in [0.717, 1.165) is 22.0 Å². The minimum atomic E-state index is -0.0851. The van der Waals surface area contributed by atoms with E-state index in [9.17, 15) is 5.48 Å². The van der Waals surface area contributed by atoms with Crippen LogP contribution >= 0.6 is 0 Å².